The van der Waals surface area contributed by atoms with Crippen LogP contribution in [0.2, 0.25) is 5.02 Å². The Morgan fingerprint density at radius 1 is 1.22 bits per heavy atom. The van der Waals surface area contributed by atoms with Gasteiger partial charge in [0.25, 0.3) is 5.56 Å². The molecule has 11 heteroatoms. The summed E-state index contributed by atoms with van der Waals surface area (Å²) < 4.78 is 6.32. The van der Waals surface area contributed by atoms with Crippen molar-refractivity contribution in [1.29, 1.82) is 0 Å². The molecule has 10 nitrogen and oxygen atoms in total. The van der Waals surface area contributed by atoms with Gasteiger partial charge in [0.2, 0.25) is 0 Å². The van der Waals surface area contributed by atoms with E-state index in [2.05, 4.69) is 10.1 Å². The molecule has 0 bridgehead atoms. The van der Waals surface area contributed by atoms with Gasteiger partial charge >= 0.3 is 5.69 Å². The maximum absolute atomic E-state index is 13.6. The Hall–Kier alpha value is -4.05. The number of oxime groups is 1. The molecule has 0 spiro atoms. The lowest BCUT2D eigenvalue weighted by Gasteiger charge is -2.11. The summed E-state index contributed by atoms with van der Waals surface area (Å²) >= 11 is 6.28. The summed E-state index contributed by atoms with van der Waals surface area (Å²) in [4.78, 5) is 30.0. The van der Waals surface area contributed by atoms with Crippen molar-refractivity contribution < 1.29 is 5.21 Å². The molecule has 2 N–H and O–H groups in total. The van der Waals surface area contributed by atoms with Crippen molar-refractivity contribution in [3.05, 3.63) is 73.6 Å². The third kappa shape index (κ3) is 4.07. The molecule has 5 aromatic rings. The second-order valence-corrected chi connectivity index (χ2v) is 10.2. The van der Waals surface area contributed by atoms with Crippen molar-refractivity contribution in [1.82, 2.24) is 28.5 Å². The molecular weight excluding hydrogens is 494 g/mol. The van der Waals surface area contributed by atoms with Gasteiger partial charge in [-0.1, -0.05) is 30.6 Å². The van der Waals surface area contributed by atoms with Gasteiger partial charge in [-0.15, -0.1) is 0 Å². The topological polar surface area (TPSA) is 115 Å². The van der Waals surface area contributed by atoms with Gasteiger partial charge in [-0.25, -0.2) is 4.79 Å². The quantitative estimate of drug-likeness (QED) is 0.200. The van der Waals surface area contributed by atoms with E-state index in [1.54, 1.807) is 16.2 Å². The summed E-state index contributed by atoms with van der Waals surface area (Å²) in [7, 11) is 3.34. The van der Waals surface area contributed by atoms with Crippen LogP contribution in [0.5, 0.6) is 0 Å². The fourth-order valence-electron chi connectivity index (χ4n) is 4.76. The molecule has 1 aromatic carbocycles. The molecule has 0 aliphatic heterocycles. The van der Waals surface area contributed by atoms with Gasteiger partial charge in [0.15, 0.2) is 5.65 Å². The molecule has 0 radical (unpaired) electrons. The molecule has 0 saturated carbocycles. The minimum Gasteiger partial charge on any atom is -0.411 e. The highest BCUT2D eigenvalue weighted by molar-refractivity contribution is 6.31. The van der Waals surface area contributed by atoms with E-state index in [1.807, 2.05) is 62.1 Å². The Bertz CT molecular complexity index is 1810. The van der Waals surface area contributed by atoms with E-state index < -0.39 is 11.2 Å². The number of nitrogens with zero attached hydrogens (tertiary/aromatic N) is 6. The first-order valence-corrected chi connectivity index (χ1v) is 12.3. The van der Waals surface area contributed by atoms with Gasteiger partial charge < -0.3 is 14.8 Å². The number of rotatable bonds is 6. The summed E-state index contributed by atoms with van der Waals surface area (Å²) in [5.74, 6) is 0.160. The lowest BCUT2D eigenvalue weighted by atomic mass is 10.1. The Morgan fingerprint density at radius 3 is 2.68 bits per heavy atom. The van der Waals surface area contributed by atoms with Crippen molar-refractivity contribution in [2.75, 3.05) is 0 Å². The van der Waals surface area contributed by atoms with Crippen molar-refractivity contribution in [2.24, 2.45) is 25.2 Å². The van der Waals surface area contributed by atoms with Crippen molar-refractivity contribution >= 4 is 39.2 Å². The predicted molar refractivity (Wildman–Crippen MR) is 145 cm³/mol. The molecule has 37 heavy (non-hydrogen) atoms. The maximum Gasteiger partial charge on any atom is 0.332 e. The zero-order valence-corrected chi connectivity index (χ0v) is 22.0. The first-order chi connectivity index (χ1) is 17.6. The Morgan fingerprint density at radius 2 is 1.97 bits per heavy atom. The minimum absolute atomic E-state index is 0.160. The molecule has 0 unspecified atom stereocenters. The van der Waals surface area contributed by atoms with Crippen LogP contribution in [0.3, 0.4) is 0 Å². The number of hydrogen-bond donors (Lipinski definition) is 2. The van der Waals surface area contributed by atoms with Gasteiger partial charge in [0.1, 0.15) is 11.1 Å². The summed E-state index contributed by atoms with van der Waals surface area (Å²) in [6.07, 6.45) is 3.73. The fraction of sp³-hybridized carbons (Fsp3) is 0.308. The highest BCUT2D eigenvalue weighted by Crippen LogP contribution is 2.30. The molecule has 0 atom stereocenters. The fourth-order valence-corrected chi connectivity index (χ4v) is 4.94. The number of hydrogen-bond acceptors (Lipinski definition) is 5. The Kier molecular flexibility index (Phi) is 6.07. The van der Waals surface area contributed by atoms with Crippen LogP contribution in [0.4, 0.5) is 0 Å². The first kappa shape index (κ1) is 24.6. The van der Waals surface area contributed by atoms with Crippen LogP contribution in [0, 0.1) is 5.92 Å². The van der Waals surface area contributed by atoms with Gasteiger partial charge in [-0.3, -0.25) is 18.6 Å². The van der Waals surface area contributed by atoms with Crippen LogP contribution >= 0.6 is 11.6 Å². The molecular formula is C26H28ClN7O3. The third-order valence-corrected chi connectivity index (χ3v) is 6.87. The number of benzene rings is 1. The van der Waals surface area contributed by atoms with E-state index in [0.717, 1.165) is 21.0 Å². The minimum atomic E-state index is -0.418. The lowest BCUT2D eigenvalue weighted by Crippen LogP contribution is -2.38. The molecule has 0 aliphatic rings. The number of aryl methyl sites for hydroxylation is 1. The third-order valence-electron chi connectivity index (χ3n) is 6.64. The van der Waals surface area contributed by atoms with E-state index in [9.17, 15) is 14.8 Å². The van der Waals surface area contributed by atoms with E-state index >= 15 is 0 Å². The molecule has 0 saturated heterocycles. The summed E-state index contributed by atoms with van der Waals surface area (Å²) in [6, 6.07) is 7.48. The van der Waals surface area contributed by atoms with Crippen LogP contribution in [0.25, 0.3) is 33.3 Å². The number of fused-ring (bicyclic) bond motifs is 2. The Balaban J connectivity index is 1.85. The standard InChI is InChI=1S/C26H28ClN7O3/c1-14(2)11-33-24-22(25(35)32(5)26(33)36)23(21-8-16(12-31(21)4)15(3)30-37)34(29-24)13-17-10-28-20-7-6-18(27)9-19(17)20/h6-10,12,14,28,37H,11,13H2,1-5H3/b30-15-. The lowest BCUT2D eigenvalue weighted by molar-refractivity contribution is 0.319. The number of aromatic nitrogens is 6. The first-order valence-electron chi connectivity index (χ1n) is 11.9. The van der Waals surface area contributed by atoms with E-state index in [0.29, 0.717) is 51.8 Å². The molecule has 4 heterocycles. The van der Waals surface area contributed by atoms with Gasteiger partial charge in [0.05, 0.1) is 18.0 Å². The summed E-state index contributed by atoms with van der Waals surface area (Å²) in [6.45, 7) is 6.46. The van der Waals surface area contributed by atoms with Crippen LogP contribution < -0.4 is 11.2 Å². The molecule has 4 aromatic heterocycles. The highest BCUT2D eigenvalue weighted by Gasteiger charge is 2.25. The summed E-state index contributed by atoms with van der Waals surface area (Å²) in [5, 5.41) is 19.4. The highest BCUT2D eigenvalue weighted by atomic mass is 35.5. The van der Waals surface area contributed by atoms with Crippen LogP contribution in [0.1, 0.15) is 31.9 Å². The second-order valence-electron chi connectivity index (χ2n) is 9.77. The molecule has 5 rings (SSSR count). The van der Waals surface area contributed by atoms with Gasteiger partial charge in [-0.05, 0) is 42.7 Å². The average Bonchev–Trinajstić information content (AvgIpc) is 3.55. The number of halogens is 1. The van der Waals surface area contributed by atoms with Gasteiger partial charge in [-0.2, -0.15) is 5.10 Å². The van der Waals surface area contributed by atoms with E-state index in [1.165, 1.54) is 7.05 Å². The zero-order valence-electron chi connectivity index (χ0n) is 21.3. The Labute approximate surface area is 217 Å². The van der Waals surface area contributed by atoms with Crippen molar-refractivity contribution in [3.8, 4) is 11.4 Å². The SMILES string of the molecule is C/C(=N/O)c1cc(-c2c3c(=O)n(C)c(=O)n(CC(C)C)c3nn2Cc2c[nH]c3ccc(Cl)cc23)n(C)c1. The number of aromatic amines is 1. The largest absolute Gasteiger partial charge is 0.411 e. The van der Waals surface area contributed by atoms with E-state index in [4.69, 9.17) is 16.7 Å². The smallest absolute Gasteiger partial charge is 0.332 e. The van der Waals surface area contributed by atoms with Crippen LogP contribution in [0.15, 0.2) is 51.4 Å². The zero-order chi connectivity index (χ0) is 26.6. The number of nitrogens with one attached hydrogen (secondary N) is 1. The normalized spacial score (nSPS) is 12.5. The van der Waals surface area contributed by atoms with Crippen LogP contribution in [-0.2, 0) is 27.2 Å². The number of H-pyrrole nitrogens is 1. The van der Waals surface area contributed by atoms with Crippen molar-refractivity contribution in [3.63, 3.8) is 0 Å². The predicted octanol–water partition coefficient (Wildman–Crippen LogP) is 3.94. The second kappa shape index (κ2) is 9.11. The average molecular weight is 522 g/mol. The summed E-state index contributed by atoms with van der Waals surface area (Å²) in [5.41, 5.74) is 3.79. The van der Waals surface area contributed by atoms with E-state index in [-0.39, 0.29) is 5.92 Å². The van der Waals surface area contributed by atoms with Crippen LogP contribution in [-0.4, -0.2) is 39.4 Å². The molecule has 0 fully saturated rings. The monoisotopic (exact) mass is 521 g/mol. The van der Waals surface area contributed by atoms with Gasteiger partial charge in [0, 0.05) is 54.5 Å². The van der Waals surface area contributed by atoms with Crippen molar-refractivity contribution in [2.45, 2.75) is 33.9 Å². The molecule has 192 valence electrons. The molecule has 0 aliphatic carbocycles. The maximum atomic E-state index is 13.6. The molecule has 0 amide bonds.